The highest BCUT2D eigenvalue weighted by molar-refractivity contribution is 9.10. The van der Waals surface area contributed by atoms with Gasteiger partial charge in [0.25, 0.3) is 0 Å². The van der Waals surface area contributed by atoms with Crippen LogP contribution in [0.4, 0.5) is 4.39 Å². The Labute approximate surface area is 133 Å². The monoisotopic (exact) mass is 351 g/mol. The summed E-state index contributed by atoms with van der Waals surface area (Å²) < 4.78 is 19.8. The first-order valence-electron chi connectivity index (χ1n) is 6.96. The fourth-order valence-corrected chi connectivity index (χ4v) is 2.82. The van der Waals surface area contributed by atoms with E-state index < -0.39 is 0 Å². The predicted molar refractivity (Wildman–Crippen MR) is 87.2 cm³/mol. The molecule has 0 aromatic heterocycles. The van der Waals surface area contributed by atoms with Gasteiger partial charge in [-0.1, -0.05) is 41.1 Å². The number of hydrogen-bond donors (Lipinski definition) is 1. The lowest BCUT2D eigenvalue weighted by Crippen LogP contribution is -2.23. The summed E-state index contributed by atoms with van der Waals surface area (Å²) in [4.78, 5) is 0. The van der Waals surface area contributed by atoms with E-state index in [1.54, 1.807) is 19.2 Å². The Morgan fingerprint density at radius 1 is 1.24 bits per heavy atom. The Hall–Kier alpha value is -1.39. The lowest BCUT2D eigenvalue weighted by molar-refractivity contribution is 0.399. The molecule has 0 fully saturated rings. The molecule has 0 spiro atoms. The molecular formula is C17H19BrFNO. The molecule has 2 nitrogen and oxygen atoms in total. The molecule has 0 saturated heterocycles. The van der Waals surface area contributed by atoms with Crippen molar-refractivity contribution in [2.24, 2.45) is 0 Å². The van der Waals surface area contributed by atoms with E-state index in [-0.39, 0.29) is 11.9 Å². The smallest absolute Gasteiger partial charge is 0.123 e. The van der Waals surface area contributed by atoms with Gasteiger partial charge in [0.1, 0.15) is 11.6 Å². The molecule has 2 aromatic carbocycles. The number of hydrogen-bond acceptors (Lipinski definition) is 2. The molecule has 1 atom stereocenters. The minimum absolute atomic E-state index is 0.0734. The van der Waals surface area contributed by atoms with E-state index in [1.807, 2.05) is 24.3 Å². The summed E-state index contributed by atoms with van der Waals surface area (Å²) in [7, 11) is 1.67. The Kier molecular flexibility index (Phi) is 5.76. The van der Waals surface area contributed by atoms with Crippen molar-refractivity contribution in [2.45, 2.75) is 19.4 Å². The van der Waals surface area contributed by atoms with Crippen molar-refractivity contribution in [3.63, 3.8) is 0 Å². The van der Waals surface area contributed by atoms with Gasteiger partial charge in [0.15, 0.2) is 0 Å². The van der Waals surface area contributed by atoms with E-state index >= 15 is 0 Å². The molecule has 0 aliphatic carbocycles. The zero-order valence-electron chi connectivity index (χ0n) is 12.2. The van der Waals surface area contributed by atoms with Gasteiger partial charge in [-0.05, 0) is 42.8 Å². The maximum absolute atomic E-state index is 13.5. The molecule has 0 aliphatic heterocycles. The summed E-state index contributed by atoms with van der Waals surface area (Å²) in [5.41, 5.74) is 2.02. The van der Waals surface area contributed by atoms with Crippen LogP contribution in [-0.2, 0) is 6.42 Å². The third kappa shape index (κ3) is 4.05. The van der Waals surface area contributed by atoms with Gasteiger partial charge in [-0.25, -0.2) is 4.39 Å². The largest absolute Gasteiger partial charge is 0.496 e. The van der Waals surface area contributed by atoms with Crippen molar-refractivity contribution >= 4 is 15.9 Å². The maximum atomic E-state index is 13.5. The van der Waals surface area contributed by atoms with Crippen LogP contribution in [0, 0.1) is 5.82 Å². The molecule has 0 saturated carbocycles. The van der Waals surface area contributed by atoms with Crippen molar-refractivity contribution in [3.05, 3.63) is 63.9 Å². The minimum atomic E-state index is -0.219. The lowest BCUT2D eigenvalue weighted by atomic mass is 9.98. The van der Waals surface area contributed by atoms with Gasteiger partial charge in [-0.15, -0.1) is 0 Å². The second-order valence-electron chi connectivity index (χ2n) is 4.79. The summed E-state index contributed by atoms with van der Waals surface area (Å²) >= 11 is 3.49. The van der Waals surface area contributed by atoms with Crippen molar-refractivity contribution in [3.8, 4) is 5.75 Å². The van der Waals surface area contributed by atoms with E-state index in [0.29, 0.717) is 6.42 Å². The summed E-state index contributed by atoms with van der Waals surface area (Å²) in [5.74, 6) is 0.624. The van der Waals surface area contributed by atoms with E-state index in [4.69, 9.17) is 4.74 Å². The lowest BCUT2D eigenvalue weighted by Gasteiger charge is -2.21. The highest BCUT2D eigenvalue weighted by Crippen LogP contribution is 2.29. The first-order valence-corrected chi connectivity index (χ1v) is 7.75. The van der Waals surface area contributed by atoms with Gasteiger partial charge in [0, 0.05) is 16.1 Å². The Morgan fingerprint density at radius 2 is 2.00 bits per heavy atom. The summed E-state index contributed by atoms with van der Waals surface area (Å²) in [6, 6.07) is 12.8. The molecule has 4 heteroatoms. The Balaban J connectivity index is 2.33. The predicted octanol–water partition coefficient (Wildman–Crippen LogP) is 4.49. The molecule has 0 bridgehead atoms. The number of benzene rings is 2. The van der Waals surface area contributed by atoms with E-state index in [9.17, 15) is 4.39 Å². The van der Waals surface area contributed by atoms with Crippen LogP contribution in [0.5, 0.6) is 5.75 Å². The topological polar surface area (TPSA) is 21.3 Å². The van der Waals surface area contributed by atoms with Crippen LogP contribution in [0.15, 0.2) is 46.9 Å². The fourth-order valence-electron chi connectivity index (χ4n) is 2.41. The Bertz CT molecular complexity index is 603. The number of likely N-dealkylation sites (N-methyl/N-ethyl adjacent to an activating group) is 1. The van der Waals surface area contributed by atoms with Crippen LogP contribution in [-0.4, -0.2) is 13.7 Å². The standard InChI is InChI=1S/C17H19BrFNO/c1-3-20-16(14-6-4-5-7-17(14)21-2)11-12-10-13(19)8-9-15(12)18/h4-10,16,20H,3,11H2,1-2H3. The number of nitrogens with one attached hydrogen (secondary N) is 1. The van der Waals surface area contributed by atoms with Crippen molar-refractivity contribution in [1.29, 1.82) is 0 Å². The second kappa shape index (κ2) is 7.57. The molecule has 0 radical (unpaired) electrons. The SMILES string of the molecule is CCNC(Cc1cc(F)ccc1Br)c1ccccc1OC. The molecule has 2 aromatic rings. The zero-order valence-corrected chi connectivity index (χ0v) is 13.8. The molecule has 21 heavy (non-hydrogen) atoms. The quantitative estimate of drug-likeness (QED) is 0.827. The minimum Gasteiger partial charge on any atom is -0.496 e. The average Bonchev–Trinajstić information content (AvgIpc) is 2.50. The molecule has 1 unspecified atom stereocenters. The third-order valence-electron chi connectivity index (χ3n) is 3.40. The second-order valence-corrected chi connectivity index (χ2v) is 5.65. The van der Waals surface area contributed by atoms with Gasteiger partial charge in [-0.2, -0.15) is 0 Å². The molecule has 0 aliphatic rings. The number of rotatable bonds is 6. The van der Waals surface area contributed by atoms with Crippen LogP contribution < -0.4 is 10.1 Å². The molecule has 0 amide bonds. The van der Waals surface area contributed by atoms with Gasteiger partial charge in [0.05, 0.1) is 7.11 Å². The zero-order chi connectivity index (χ0) is 15.2. The molecule has 1 N–H and O–H groups in total. The third-order valence-corrected chi connectivity index (χ3v) is 4.17. The normalized spacial score (nSPS) is 12.2. The summed E-state index contributed by atoms with van der Waals surface area (Å²) in [5, 5.41) is 3.45. The van der Waals surface area contributed by atoms with Crippen LogP contribution in [0.3, 0.4) is 0 Å². The first kappa shape index (κ1) is 16.0. The van der Waals surface area contributed by atoms with Gasteiger partial charge >= 0.3 is 0 Å². The van der Waals surface area contributed by atoms with Gasteiger partial charge in [-0.3, -0.25) is 0 Å². The number of ether oxygens (including phenoxy) is 1. The summed E-state index contributed by atoms with van der Waals surface area (Å²) in [6.07, 6.45) is 0.687. The average molecular weight is 352 g/mol. The van der Waals surface area contributed by atoms with E-state index in [1.165, 1.54) is 6.07 Å². The fraction of sp³-hybridized carbons (Fsp3) is 0.294. The van der Waals surface area contributed by atoms with E-state index in [0.717, 1.165) is 27.9 Å². The highest BCUT2D eigenvalue weighted by atomic mass is 79.9. The van der Waals surface area contributed by atoms with Crippen LogP contribution in [0.25, 0.3) is 0 Å². The molecular weight excluding hydrogens is 333 g/mol. The number of methoxy groups -OCH3 is 1. The van der Waals surface area contributed by atoms with E-state index in [2.05, 4.69) is 28.2 Å². The maximum Gasteiger partial charge on any atom is 0.123 e. The first-order chi connectivity index (χ1) is 10.2. The number of para-hydroxylation sites is 1. The Morgan fingerprint density at radius 3 is 2.71 bits per heavy atom. The number of halogens is 2. The summed E-state index contributed by atoms with van der Waals surface area (Å²) in [6.45, 7) is 2.89. The van der Waals surface area contributed by atoms with Crippen molar-refractivity contribution in [1.82, 2.24) is 5.32 Å². The molecule has 0 heterocycles. The van der Waals surface area contributed by atoms with Crippen LogP contribution in [0.1, 0.15) is 24.1 Å². The molecule has 2 rings (SSSR count). The van der Waals surface area contributed by atoms with Crippen LogP contribution in [0.2, 0.25) is 0 Å². The van der Waals surface area contributed by atoms with Gasteiger partial charge in [0.2, 0.25) is 0 Å². The van der Waals surface area contributed by atoms with Crippen molar-refractivity contribution < 1.29 is 9.13 Å². The van der Waals surface area contributed by atoms with Gasteiger partial charge < -0.3 is 10.1 Å². The van der Waals surface area contributed by atoms with Crippen LogP contribution >= 0.6 is 15.9 Å². The highest BCUT2D eigenvalue weighted by Gasteiger charge is 2.17. The van der Waals surface area contributed by atoms with Crippen molar-refractivity contribution in [2.75, 3.05) is 13.7 Å². The molecule has 112 valence electrons.